The molecule has 0 fully saturated rings. The number of anilines is 1. The van der Waals surface area contributed by atoms with Crippen LogP contribution in [0.25, 0.3) is 0 Å². The number of nitrogens with one attached hydrogen (secondary N) is 1. The Morgan fingerprint density at radius 3 is 2.62 bits per heavy atom. The molecular weight excluding hydrogens is 355 g/mol. The van der Waals surface area contributed by atoms with Gasteiger partial charge in [0.2, 0.25) is 0 Å². The van der Waals surface area contributed by atoms with Gasteiger partial charge in [0, 0.05) is 21.3 Å². The molecule has 0 aliphatic rings. The number of carbonyl (C=O) groups is 1. The summed E-state index contributed by atoms with van der Waals surface area (Å²) >= 11 is 8.11. The summed E-state index contributed by atoms with van der Waals surface area (Å²) in [6.07, 6.45) is 0. The largest absolute Gasteiger partial charge is 0.389 e. The normalized spacial score (nSPS) is 10.2. The van der Waals surface area contributed by atoms with E-state index in [9.17, 15) is 9.18 Å². The highest BCUT2D eigenvalue weighted by atomic mass is 79.9. The number of amides is 1. The summed E-state index contributed by atoms with van der Waals surface area (Å²) in [6.45, 7) is 1.89. The summed E-state index contributed by atoms with van der Waals surface area (Å²) in [4.78, 5) is 12.1. The second-order valence-corrected chi connectivity index (χ2v) is 5.89. The average Bonchev–Trinajstić information content (AvgIpc) is 2.39. The van der Waals surface area contributed by atoms with E-state index in [0.29, 0.717) is 11.3 Å². The summed E-state index contributed by atoms with van der Waals surface area (Å²) in [7, 11) is 0. The van der Waals surface area contributed by atoms with Crippen LogP contribution in [0.3, 0.4) is 0 Å². The van der Waals surface area contributed by atoms with Crippen LogP contribution in [0.1, 0.15) is 21.5 Å². The van der Waals surface area contributed by atoms with Crippen LogP contribution in [-0.4, -0.2) is 10.9 Å². The predicted molar refractivity (Wildman–Crippen MR) is 89.1 cm³/mol. The molecule has 108 valence electrons. The first kappa shape index (κ1) is 15.6. The van der Waals surface area contributed by atoms with E-state index >= 15 is 0 Å². The molecule has 21 heavy (non-hydrogen) atoms. The number of benzene rings is 2. The van der Waals surface area contributed by atoms with Crippen molar-refractivity contribution in [1.29, 1.82) is 0 Å². The molecule has 0 unspecified atom stereocenters. The fourth-order valence-corrected chi connectivity index (χ4v) is 2.63. The Balaban J connectivity index is 2.27. The van der Waals surface area contributed by atoms with E-state index in [2.05, 4.69) is 21.2 Å². The van der Waals surface area contributed by atoms with E-state index in [-0.39, 0.29) is 16.5 Å². The highest BCUT2D eigenvalue weighted by Gasteiger charge is 2.10. The van der Waals surface area contributed by atoms with Crippen molar-refractivity contribution in [2.45, 2.75) is 6.92 Å². The van der Waals surface area contributed by atoms with Crippen LogP contribution in [0.5, 0.6) is 0 Å². The topological polar surface area (TPSA) is 55.1 Å². The fraction of sp³-hybridized carbons (Fsp3) is 0.0667. The van der Waals surface area contributed by atoms with E-state index in [1.165, 1.54) is 18.2 Å². The van der Waals surface area contributed by atoms with Gasteiger partial charge in [-0.3, -0.25) is 4.79 Å². The van der Waals surface area contributed by atoms with E-state index in [0.717, 1.165) is 10.0 Å². The zero-order valence-corrected chi connectivity index (χ0v) is 13.5. The van der Waals surface area contributed by atoms with Crippen molar-refractivity contribution >= 4 is 44.7 Å². The molecule has 3 nitrogen and oxygen atoms in total. The van der Waals surface area contributed by atoms with Crippen LogP contribution in [0.4, 0.5) is 10.1 Å². The Kier molecular flexibility index (Phi) is 4.69. The number of thiocarbonyl (C=S) groups is 1. The number of hydrogen-bond donors (Lipinski definition) is 2. The molecule has 0 spiro atoms. The summed E-state index contributed by atoms with van der Waals surface area (Å²) in [5, 5.41) is 2.69. The molecule has 0 heterocycles. The molecule has 0 aliphatic carbocycles. The molecule has 0 atom stereocenters. The van der Waals surface area contributed by atoms with Gasteiger partial charge in [-0.1, -0.05) is 28.1 Å². The molecular formula is C15H12BrFN2OS. The number of rotatable bonds is 3. The van der Waals surface area contributed by atoms with Gasteiger partial charge in [-0.25, -0.2) is 4.39 Å². The van der Waals surface area contributed by atoms with E-state index < -0.39 is 5.82 Å². The van der Waals surface area contributed by atoms with Gasteiger partial charge in [-0.2, -0.15) is 0 Å². The van der Waals surface area contributed by atoms with Gasteiger partial charge in [0.25, 0.3) is 5.91 Å². The van der Waals surface area contributed by atoms with Crippen LogP contribution in [0.2, 0.25) is 0 Å². The monoisotopic (exact) mass is 366 g/mol. The molecule has 0 radical (unpaired) electrons. The van der Waals surface area contributed by atoms with Gasteiger partial charge < -0.3 is 11.1 Å². The zero-order valence-electron chi connectivity index (χ0n) is 11.1. The Morgan fingerprint density at radius 1 is 1.29 bits per heavy atom. The Bertz CT molecular complexity index is 713. The van der Waals surface area contributed by atoms with Gasteiger partial charge in [-0.05, 0) is 48.9 Å². The van der Waals surface area contributed by atoms with E-state index in [4.69, 9.17) is 18.0 Å². The first-order valence-corrected chi connectivity index (χ1v) is 7.25. The van der Waals surface area contributed by atoms with Crippen LogP contribution in [0, 0.1) is 12.7 Å². The van der Waals surface area contributed by atoms with Crippen molar-refractivity contribution in [3.63, 3.8) is 0 Å². The first-order valence-electron chi connectivity index (χ1n) is 6.04. The Morgan fingerprint density at radius 2 is 2.00 bits per heavy atom. The number of carbonyl (C=O) groups excluding carboxylic acids is 1. The first-order chi connectivity index (χ1) is 9.86. The molecule has 0 aromatic heterocycles. The maximum Gasteiger partial charge on any atom is 0.255 e. The fourth-order valence-electron chi connectivity index (χ4n) is 1.86. The van der Waals surface area contributed by atoms with Gasteiger partial charge in [0.05, 0.1) is 0 Å². The molecule has 2 aromatic carbocycles. The highest BCUT2D eigenvalue weighted by Crippen LogP contribution is 2.18. The predicted octanol–water partition coefficient (Wildman–Crippen LogP) is 3.78. The van der Waals surface area contributed by atoms with Crippen LogP contribution < -0.4 is 11.1 Å². The minimum absolute atomic E-state index is 0.0538. The summed E-state index contributed by atoms with van der Waals surface area (Å²) in [5.41, 5.74) is 7.43. The van der Waals surface area contributed by atoms with Gasteiger partial charge in [0.1, 0.15) is 10.8 Å². The van der Waals surface area contributed by atoms with Crippen molar-refractivity contribution in [2.75, 3.05) is 5.32 Å². The van der Waals surface area contributed by atoms with Crippen molar-refractivity contribution in [1.82, 2.24) is 0 Å². The summed E-state index contributed by atoms with van der Waals surface area (Å²) in [5.74, 6) is -0.807. The second-order valence-electron chi connectivity index (χ2n) is 4.53. The zero-order chi connectivity index (χ0) is 15.6. The molecule has 2 aromatic rings. The van der Waals surface area contributed by atoms with Crippen molar-refractivity contribution in [3.05, 3.63) is 63.4 Å². The smallest absolute Gasteiger partial charge is 0.255 e. The molecule has 0 aliphatic heterocycles. The number of aryl methyl sites for hydroxylation is 1. The maximum atomic E-state index is 13.5. The maximum absolute atomic E-state index is 13.5. The third-order valence-corrected chi connectivity index (χ3v) is 3.47. The Hall–Kier alpha value is -1.79. The van der Waals surface area contributed by atoms with Gasteiger partial charge in [-0.15, -0.1) is 0 Å². The summed E-state index contributed by atoms with van der Waals surface area (Å²) in [6, 6.07) is 9.47. The van der Waals surface area contributed by atoms with E-state index in [1.807, 2.05) is 13.0 Å². The van der Waals surface area contributed by atoms with Crippen LogP contribution in [-0.2, 0) is 0 Å². The average molecular weight is 367 g/mol. The number of hydrogen-bond acceptors (Lipinski definition) is 2. The molecule has 0 saturated heterocycles. The third-order valence-electron chi connectivity index (χ3n) is 2.79. The van der Waals surface area contributed by atoms with Crippen LogP contribution in [0.15, 0.2) is 40.9 Å². The lowest BCUT2D eigenvalue weighted by Crippen LogP contribution is -2.15. The highest BCUT2D eigenvalue weighted by molar-refractivity contribution is 9.10. The third kappa shape index (κ3) is 3.86. The number of halogens is 2. The minimum Gasteiger partial charge on any atom is -0.389 e. The lowest BCUT2D eigenvalue weighted by atomic mass is 10.1. The molecule has 1 amide bonds. The van der Waals surface area contributed by atoms with Gasteiger partial charge >= 0.3 is 0 Å². The molecule has 3 N–H and O–H groups in total. The standard InChI is InChI=1S/C15H12BrFN2OS/c1-8-4-9(6-10(16)5-8)15(20)19-11-2-3-13(17)12(7-11)14(18)21/h2-7H,1H3,(H2,18,21)(H,19,20). The molecule has 0 bridgehead atoms. The van der Waals surface area contributed by atoms with Gasteiger partial charge in [0.15, 0.2) is 0 Å². The summed E-state index contributed by atoms with van der Waals surface area (Å²) < 4.78 is 14.3. The van der Waals surface area contributed by atoms with Crippen molar-refractivity contribution in [2.24, 2.45) is 5.73 Å². The Labute approximate surface area is 135 Å². The molecule has 0 saturated carbocycles. The minimum atomic E-state index is -0.515. The number of nitrogens with two attached hydrogens (primary N) is 1. The van der Waals surface area contributed by atoms with E-state index in [1.54, 1.807) is 12.1 Å². The lowest BCUT2D eigenvalue weighted by Gasteiger charge is -2.09. The second kappa shape index (κ2) is 6.32. The van der Waals surface area contributed by atoms with Crippen LogP contribution >= 0.6 is 28.1 Å². The quantitative estimate of drug-likeness (QED) is 0.812. The van der Waals surface area contributed by atoms with Crippen molar-refractivity contribution in [3.8, 4) is 0 Å². The SMILES string of the molecule is Cc1cc(Br)cc(C(=O)Nc2ccc(F)c(C(N)=S)c2)c1. The lowest BCUT2D eigenvalue weighted by molar-refractivity contribution is 0.102. The molecule has 2 rings (SSSR count). The van der Waals surface area contributed by atoms with Crippen molar-refractivity contribution < 1.29 is 9.18 Å². The molecule has 6 heteroatoms.